The molecule has 0 bridgehead atoms. The van der Waals surface area contributed by atoms with Crippen LogP contribution >= 0.6 is 11.6 Å². The van der Waals surface area contributed by atoms with Crippen LogP contribution < -0.4 is 11.1 Å². The molecular weight excluding hydrogens is 210 g/mol. The van der Waals surface area contributed by atoms with Crippen molar-refractivity contribution in [3.8, 4) is 0 Å². The molecule has 74 valence electrons. The van der Waals surface area contributed by atoms with Crippen LogP contribution in [0.2, 0.25) is 5.02 Å². The second-order valence-corrected chi connectivity index (χ2v) is 2.84. The molecule has 14 heavy (non-hydrogen) atoms. The largest absolute Gasteiger partial charge is 0.351 e. The van der Waals surface area contributed by atoms with E-state index >= 15 is 0 Å². The molecule has 0 aliphatic heterocycles. The van der Waals surface area contributed by atoms with Crippen molar-refractivity contribution < 1.29 is 9.72 Å². The Bertz CT molecular complexity index is 394. The highest BCUT2D eigenvalue weighted by molar-refractivity contribution is 6.31. The number of carbonyl (C=O) groups excluding carboxylic acids is 1. The Balaban J connectivity index is 3.15. The van der Waals surface area contributed by atoms with Crippen molar-refractivity contribution in [2.45, 2.75) is 0 Å². The number of rotatable bonds is 2. The lowest BCUT2D eigenvalue weighted by Crippen LogP contribution is -2.19. The molecule has 1 rings (SSSR count). The number of amides is 2. The summed E-state index contributed by atoms with van der Waals surface area (Å²) in [4.78, 5) is 20.3. The lowest BCUT2D eigenvalue weighted by atomic mass is 10.2. The SMILES string of the molecule is NC(=O)Nc1cc(Cl)ccc1[N+](=O)[O-]. The first-order chi connectivity index (χ1) is 6.50. The first-order valence-corrected chi connectivity index (χ1v) is 3.89. The minimum Gasteiger partial charge on any atom is -0.351 e. The van der Waals surface area contributed by atoms with Crippen molar-refractivity contribution >= 4 is 29.0 Å². The number of nitro groups is 1. The van der Waals surface area contributed by atoms with Crippen molar-refractivity contribution in [3.63, 3.8) is 0 Å². The molecular formula is C7H6ClN3O3. The van der Waals surface area contributed by atoms with E-state index in [1.54, 1.807) is 0 Å². The van der Waals surface area contributed by atoms with Gasteiger partial charge in [-0.3, -0.25) is 10.1 Å². The summed E-state index contributed by atoms with van der Waals surface area (Å²) in [5.74, 6) is 0. The van der Waals surface area contributed by atoms with Crippen molar-refractivity contribution in [3.05, 3.63) is 33.3 Å². The van der Waals surface area contributed by atoms with Gasteiger partial charge in [-0.05, 0) is 12.1 Å². The second kappa shape index (κ2) is 3.93. The average molecular weight is 216 g/mol. The van der Waals surface area contributed by atoms with Crippen LogP contribution in [0.1, 0.15) is 0 Å². The van der Waals surface area contributed by atoms with E-state index in [2.05, 4.69) is 5.32 Å². The average Bonchev–Trinajstić information content (AvgIpc) is 2.01. The molecule has 0 saturated carbocycles. The topological polar surface area (TPSA) is 98.3 Å². The Morgan fingerprint density at radius 2 is 2.21 bits per heavy atom. The summed E-state index contributed by atoms with van der Waals surface area (Å²) in [7, 11) is 0. The van der Waals surface area contributed by atoms with Crippen LogP contribution in [0.5, 0.6) is 0 Å². The van der Waals surface area contributed by atoms with E-state index in [4.69, 9.17) is 17.3 Å². The number of carbonyl (C=O) groups is 1. The third-order valence-electron chi connectivity index (χ3n) is 1.41. The van der Waals surface area contributed by atoms with Gasteiger partial charge in [-0.1, -0.05) is 11.6 Å². The van der Waals surface area contributed by atoms with Crippen LogP contribution in [0.25, 0.3) is 0 Å². The molecule has 0 unspecified atom stereocenters. The molecule has 6 nitrogen and oxygen atoms in total. The van der Waals surface area contributed by atoms with Gasteiger partial charge < -0.3 is 11.1 Å². The second-order valence-electron chi connectivity index (χ2n) is 2.41. The van der Waals surface area contributed by atoms with E-state index in [1.165, 1.54) is 18.2 Å². The van der Waals surface area contributed by atoms with Gasteiger partial charge in [0.15, 0.2) is 0 Å². The third-order valence-corrected chi connectivity index (χ3v) is 1.65. The Morgan fingerprint density at radius 3 is 2.71 bits per heavy atom. The maximum absolute atomic E-state index is 10.5. The lowest BCUT2D eigenvalue weighted by molar-refractivity contribution is -0.383. The molecule has 7 heteroatoms. The molecule has 1 aromatic rings. The molecule has 2 amide bonds. The normalized spacial score (nSPS) is 9.50. The summed E-state index contributed by atoms with van der Waals surface area (Å²) in [6, 6.07) is 2.92. The fraction of sp³-hybridized carbons (Fsp3) is 0. The molecule has 0 aliphatic carbocycles. The van der Waals surface area contributed by atoms with Gasteiger partial charge in [-0.15, -0.1) is 0 Å². The number of urea groups is 1. The molecule has 0 atom stereocenters. The minimum atomic E-state index is -0.879. The fourth-order valence-corrected chi connectivity index (χ4v) is 1.07. The minimum absolute atomic E-state index is 0.0185. The highest BCUT2D eigenvalue weighted by Gasteiger charge is 2.14. The number of anilines is 1. The first kappa shape index (κ1) is 10.3. The maximum atomic E-state index is 10.5. The number of benzene rings is 1. The number of nitrogens with one attached hydrogen (secondary N) is 1. The Morgan fingerprint density at radius 1 is 1.57 bits per heavy atom. The van der Waals surface area contributed by atoms with Gasteiger partial charge in [-0.2, -0.15) is 0 Å². The van der Waals surface area contributed by atoms with Gasteiger partial charge in [-0.25, -0.2) is 4.79 Å². The summed E-state index contributed by atoms with van der Waals surface area (Å²) in [6.45, 7) is 0. The van der Waals surface area contributed by atoms with Gasteiger partial charge in [0.2, 0.25) is 0 Å². The smallest absolute Gasteiger partial charge is 0.316 e. The predicted molar refractivity (Wildman–Crippen MR) is 51.3 cm³/mol. The van der Waals surface area contributed by atoms with E-state index in [1.807, 2.05) is 0 Å². The molecule has 0 heterocycles. The van der Waals surface area contributed by atoms with Crippen LogP contribution in [-0.2, 0) is 0 Å². The van der Waals surface area contributed by atoms with Crippen molar-refractivity contribution in [1.82, 2.24) is 0 Å². The Hall–Kier alpha value is -1.82. The summed E-state index contributed by atoms with van der Waals surface area (Å²) < 4.78 is 0. The Labute approximate surface area is 83.8 Å². The summed E-state index contributed by atoms with van der Waals surface area (Å²) in [5, 5.41) is 12.9. The van der Waals surface area contributed by atoms with E-state index in [0.717, 1.165) is 0 Å². The van der Waals surface area contributed by atoms with Crippen molar-refractivity contribution in [2.24, 2.45) is 5.73 Å². The third kappa shape index (κ3) is 2.33. The molecule has 0 aliphatic rings. The van der Waals surface area contributed by atoms with E-state index in [9.17, 15) is 14.9 Å². The zero-order chi connectivity index (χ0) is 10.7. The number of primary amides is 1. The zero-order valence-electron chi connectivity index (χ0n) is 6.86. The van der Waals surface area contributed by atoms with Crippen LogP contribution in [0, 0.1) is 10.1 Å². The molecule has 0 spiro atoms. The van der Waals surface area contributed by atoms with Crippen LogP contribution in [0.3, 0.4) is 0 Å². The number of hydrogen-bond donors (Lipinski definition) is 2. The summed E-state index contributed by atoms with van der Waals surface area (Å²) >= 11 is 5.59. The molecule has 3 N–H and O–H groups in total. The monoisotopic (exact) mass is 215 g/mol. The van der Waals surface area contributed by atoms with Crippen molar-refractivity contribution in [2.75, 3.05) is 5.32 Å². The lowest BCUT2D eigenvalue weighted by Gasteiger charge is -2.02. The first-order valence-electron chi connectivity index (χ1n) is 3.51. The van der Waals surface area contributed by atoms with Crippen LogP contribution in [-0.4, -0.2) is 11.0 Å². The molecule has 0 aromatic heterocycles. The summed E-state index contributed by atoms with van der Waals surface area (Å²) in [6.07, 6.45) is 0. The highest BCUT2D eigenvalue weighted by Crippen LogP contribution is 2.27. The van der Waals surface area contributed by atoms with Gasteiger partial charge in [0.05, 0.1) is 4.92 Å². The number of halogens is 1. The van der Waals surface area contributed by atoms with Gasteiger partial charge in [0, 0.05) is 11.1 Å². The fourth-order valence-electron chi connectivity index (χ4n) is 0.900. The van der Waals surface area contributed by atoms with Crippen LogP contribution in [0.4, 0.5) is 16.2 Å². The van der Waals surface area contributed by atoms with Crippen molar-refractivity contribution in [1.29, 1.82) is 0 Å². The highest BCUT2D eigenvalue weighted by atomic mass is 35.5. The van der Waals surface area contributed by atoms with Crippen LogP contribution in [0.15, 0.2) is 18.2 Å². The molecule has 1 aromatic carbocycles. The quantitative estimate of drug-likeness (QED) is 0.581. The molecule has 0 fully saturated rings. The number of nitro benzene ring substituents is 1. The van der Waals surface area contributed by atoms with Gasteiger partial charge >= 0.3 is 6.03 Å². The number of nitrogens with zero attached hydrogens (tertiary/aromatic N) is 1. The van der Waals surface area contributed by atoms with E-state index < -0.39 is 11.0 Å². The number of nitrogens with two attached hydrogens (primary N) is 1. The molecule has 0 radical (unpaired) electrons. The van der Waals surface area contributed by atoms with E-state index in [0.29, 0.717) is 0 Å². The standard InChI is InChI=1S/C7H6ClN3O3/c8-4-1-2-6(11(13)14)5(3-4)10-7(9)12/h1-3H,(H3,9,10,12). The van der Waals surface area contributed by atoms with E-state index in [-0.39, 0.29) is 16.4 Å². The van der Waals surface area contributed by atoms with Gasteiger partial charge in [0.25, 0.3) is 5.69 Å². The maximum Gasteiger partial charge on any atom is 0.316 e. The molecule has 0 saturated heterocycles. The predicted octanol–water partition coefficient (Wildman–Crippen LogP) is 1.74. The Kier molecular flexibility index (Phi) is 2.88. The van der Waals surface area contributed by atoms with Gasteiger partial charge in [0.1, 0.15) is 5.69 Å². The zero-order valence-corrected chi connectivity index (χ0v) is 7.62. The number of hydrogen-bond acceptors (Lipinski definition) is 3. The summed E-state index contributed by atoms with van der Waals surface area (Å²) in [5.41, 5.74) is 4.55.